The molecule has 0 spiro atoms. The van der Waals surface area contributed by atoms with E-state index in [1.807, 2.05) is 6.92 Å². The van der Waals surface area contributed by atoms with E-state index in [1.165, 1.54) is 0 Å². The van der Waals surface area contributed by atoms with Crippen LogP contribution in [0.2, 0.25) is 0 Å². The van der Waals surface area contributed by atoms with Crippen LogP contribution in [0.3, 0.4) is 0 Å². The van der Waals surface area contributed by atoms with Crippen molar-refractivity contribution in [2.24, 2.45) is 0 Å². The molecule has 1 N–H and O–H groups in total. The fourth-order valence-electron chi connectivity index (χ4n) is 2.30. The molecule has 0 saturated heterocycles. The second kappa shape index (κ2) is 4.31. The molecule has 1 heterocycles. The third-order valence-electron chi connectivity index (χ3n) is 3.47. The molecule has 0 radical (unpaired) electrons. The third-order valence-corrected chi connectivity index (χ3v) is 3.47. The summed E-state index contributed by atoms with van der Waals surface area (Å²) in [5, 5.41) is 8.87. The van der Waals surface area contributed by atoms with Gasteiger partial charge in [0.1, 0.15) is 0 Å². The molecule has 17 heavy (non-hydrogen) atoms. The summed E-state index contributed by atoms with van der Waals surface area (Å²) < 4.78 is 1.66. The number of carboxylic acids is 1. The zero-order chi connectivity index (χ0) is 12.6. The van der Waals surface area contributed by atoms with Gasteiger partial charge >= 0.3 is 11.7 Å². The van der Waals surface area contributed by atoms with Gasteiger partial charge in [-0.15, -0.1) is 0 Å². The van der Waals surface area contributed by atoms with Crippen molar-refractivity contribution in [3.8, 4) is 0 Å². The highest BCUT2D eigenvalue weighted by Gasteiger charge is 2.24. The van der Waals surface area contributed by atoms with Gasteiger partial charge in [0.25, 0.3) is 0 Å². The molecule has 0 aromatic carbocycles. The van der Waals surface area contributed by atoms with Gasteiger partial charge in [0, 0.05) is 23.0 Å². The summed E-state index contributed by atoms with van der Waals surface area (Å²) in [6.45, 7) is 3.50. The molecule has 1 aromatic rings. The number of rotatable bonds is 3. The molecular weight excluding hydrogens is 220 g/mol. The van der Waals surface area contributed by atoms with Crippen molar-refractivity contribution in [1.29, 1.82) is 0 Å². The van der Waals surface area contributed by atoms with E-state index in [0.29, 0.717) is 11.3 Å². The molecule has 5 heteroatoms. The van der Waals surface area contributed by atoms with Gasteiger partial charge < -0.3 is 5.11 Å². The fraction of sp³-hybridized carbons (Fsp3) is 0.583. The predicted octanol–water partition coefficient (Wildman–Crippen LogP) is 1.21. The van der Waals surface area contributed by atoms with Gasteiger partial charge in [-0.2, -0.15) is 4.98 Å². The Balaban J connectivity index is 2.52. The second-order valence-electron chi connectivity index (χ2n) is 4.57. The van der Waals surface area contributed by atoms with Crippen LogP contribution >= 0.6 is 0 Å². The monoisotopic (exact) mass is 236 g/mol. The Morgan fingerprint density at radius 1 is 1.47 bits per heavy atom. The molecule has 1 aliphatic rings. The van der Waals surface area contributed by atoms with E-state index in [4.69, 9.17) is 5.11 Å². The van der Waals surface area contributed by atoms with Crippen LogP contribution in [-0.4, -0.2) is 20.6 Å². The number of carboxylic acid groups (broad SMARTS) is 1. The SMILES string of the molecule is Cc1nc(=O)n(C2CCC2)c(C)c1CC(=O)O. The topological polar surface area (TPSA) is 72.2 Å². The highest BCUT2D eigenvalue weighted by Crippen LogP contribution is 2.31. The molecular formula is C12H16N2O3. The van der Waals surface area contributed by atoms with Gasteiger partial charge in [-0.25, -0.2) is 4.79 Å². The van der Waals surface area contributed by atoms with Crippen molar-refractivity contribution in [2.75, 3.05) is 0 Å². The van der Waals surface area contributed by atoms with Crippen LogP contribution in [0.25, 0.3) is 0 Å². The Morgan fingerprint density at radius 2 is 2.12 bits per heavy atom. The lowest BCUT2D eigenvalue weighted by atomic mass is 9.92. The number of hydrogen-bond donors (Lipinski definition) is 1. The molecule has 0 atom stereocenters. The average Bonchev–Trinajstić information content (AvgIpc) is 2.15. The van der Waals surface area contributed by atoms with Crippen molar-refractivity contribution < 1.29 is 9.90 Å². The van der Waals surface area contributed by atoms with Crippen LogP contribution in [0.4, 0.5) is 0 Å². The van der Waals surface area contributed by atoms with Gasteiger partial charge in [0.2, 0.25) is 0 Å². The van der Waals surface area contributed by atoms with Crippen molar-refractivity contribution in [2.45, 2.75) is 45.6 Å². The Labute approximate surface area is 99.1 Å². The number of aryl methyl sites for hydroxylation is 1. The van der Waals surface area contributed by atoms with Crippen molar-refractivity contribution in [3.05, 3.63) is 27.4 Å². The Morgan fingerprint density at radius 3 is 2.59 bits per heavy atom. The highest BCUT2D eigenvalue weighted by atomic mass is 16.4. The lowest BCUT2D eigenvalue weighted by Gasteiger charge is -2.30. The van der Waals surface area contributed by atoms with Crippen molar-refractivity contribution in [1.82, 2.24) is 9.55 Å². The molecule has 1 saturated carbocycles. The molecule has 0 unspecified atom stereocenters. The molecule has 0 bridgehead atoms. The third kappa shape index (κ3) is 2.09. The highest BCUT2D eigenvalue weighted by molar-refractivity contribution is 5.70. The minimum Gasteiger partial charge on any atom is -0.481 e. The minimum absolute atomic E-state index is 0.0718. The lowest BCUT2D eigenvalue weighted by Crippen LogP contribution is -2.34. The minimum atomic E-state index is -0.892. The van der Waals surface area contributed by atoms with E-state index in [0.717, 1.165) is 25.0 Å². The Kier molecular flexibility index (Phi) is 3.00. The van der Waals surface area contributed by atoms with E-state index < -0.39 is 5.97 Å². The quantitative estimate of drug-likeness (QED) is 0.856. The summed E-state index contributed by atoms with van der Waals surface area (Å²) in [6.07, 6.45) is 3.02. The van der Waals surface area contributed by atoms with Crippen molar-refractivity contribution in [3.63, 3.8) is 0 Å². The Hall–Kier alpha value is -1.65. The summed E-state index contributed by atoms with van der Waals surface area (Å²) in [5.41, 5.74) is 1.71. The maximum atomic E-state index is 11.8. The molecule has 0 amide bonds. The summed E-state index contributed by atoms with van der Waals surface area (Å²) >= 11 is 0. The summed E-state index contributed by atoms with van der Waals surface area (Å²) in [7, 11) is 0. The summed E-state index contributed by atoms with van der Waals surface area (Å²) in [6, 6.07) is 0.211. The van der Waals surface area contributed by atoms with Gasteiger partial charge in [0.15, 0.2) is 0 Å². The maximum Gasteiger partial charge on any atom is 0.348 e. The number of nitrogens with zero attached hydrogens (tertiary/aromatic N) is 2. The lowest BCUT2D eigenvalue weighted by molar-refractivity contribution is -0.136. The zero-order valence-corrected chi connectivity index (χ0v) is 10.1. The smallest absolute Gasteiger partial charge is 0.348 e. The second-order valence-corrected chi connectivity index (χ2v) is 4.57. The van der Waals surface area contributed by atoms with Crippen LogP contribution in [-0.2, 0) is 11.2 Å². The van der Waals surface area contributed by atoms with Crippen molar-refractivity contribution >= 4 is 5.97 Å². The number of hydrogen-bond acceptors (Lipinski definition) is 3. The van der Waals surface area contributed by atoms with E-state index >= 15 is 0 Å². The van der Waals surface area contributed by atoms with E-state index in [1.54, 1.807) is 11.5 Å². The van der Waals surface area contributed by atoms with Gasteiger partial charge in [-0.1, -0.05) is 0 Å². The standard InChI is InChI=1S/C12H16N2O3/c1-7-10(6-11(15)16)8(2)14(12(17)13-7)9-4-3-5-9/h9H,3-6H2,1-2H3,(H,15,16). The first-order valence-corrected chi connectivity index (χ1v) is 5.81. The first-order chi connectivity index (χ1) is 8.00. The molecule has 1 aromatic heterocycles. The molecule has 0 aliphatic heterocycles. The first-order valence-electron chi connectivity index (χ1n) is 5.81. The Bertz CT molecular complexity index is 515. The van der Waals surface area contributed by atoms with Crippen LogP contribution in [0.15, 0.2) is 4.79 Å². The number of aromatic nitrogens is 2. The largest absolute Gasteiger partial charge is 0.481 e. The van der Waals surface area contributed by atoms with Gasteiger partial charge in [-0.3, -0.25) is 9.36 Å². The average molecular weight is 236 g/mol. The molecule has 1 fully saturated rings. The van der Waals surface area contributed by atoms with E-state index in [-0.39, 0.29) is 18.2 Å². The van der Waals surface area contributed by atoms with E-state index in [9.17, 15) is 9.59 Å². The van der Waals surface area contributed by atoms with E-state index in [2.05, 4.69) is 4.98 Å². The van der Waals surface area contributed by atoms with Crippen LogP contribution in [0.5, 0.6) is 0 Å². The van der Waals surface area contributed by atoms with Crippen LogP contribution in [0.1, 0.15) is 42.3 Å². The van der Waals surface area contributed by atoms with Gasteiger partial charge in [0.05, 0.1) is 6.42 Å². The summed E-state index contributed by atoms with van der Waals surface area (Å²) in [5.74, 6) is -0.892. The zero-order valence-electron chi connectivity index (χ0n) is 10.1. The van der Waals surface area contributed by atoms with Crippen LogP contribution in [0, 0.1) is 13.8 Å². The first kappa shape index (κ1) is 11.8. The van der Waals surface area contributed by atoms with Gasteiger partial charge in [-0.05, 0) is 33.1 Å². The molecule has 2 rings (SSSR count). The molecule has 92 valence electrons. The fourth-order valence-corrected chi connectivity index (χ4v) is 2.30. The normalized spacial score (nSPS) is 15.6. The maximum absolute atomic E-state index is 11.8. The number of aliphatic carboxylic acids is 1. The molecule has 5 nitrogen and oxygen atoms in total. The molecule has 1 aliphatic carbocycles. The van der Waals surface area contributed by atoms with Crippen LogP contribution < -0.4 is 5.69 Å². The summed E-state index contributed by atoms with van der Waals surface area (Å²) in [4.78, 5) is 26.6. The number of carbonyl (C=O) groups is 1. The predicted molar refractivity (Wildman–Crippen MR) is 62.2 cm³/mol.